The van der Waals surface area contributed by atoms with Crippen LogP contribution in [0, 0.1) is 0 Å². The summed E-state index contributed by atoms with van der Waals surface area (Å²) in [7, 11) is 3.10. The van der Waals surface area contributed by atoms with Crippen molar-refractivity contribution in [2.45, 2.75) is 13.3 Å². The van der Waals surface area contributed by atoms with Gasteiger partial charge in [-0.3, -0.25) is 9.59 Å². The number of esters is 1. The van der Waals surface area contributed by atoms with Gasteiger partial charge in [0.1, 0.15) is 0 Å². The number of methoxy groups -OCH3 is 2. The van der Waals surface area contributed by atoms with E-state index >= 15 is 0 Å². The predicted molar refractivity (Wildman–Crippen MR) is 107 cm³/mol. The average Bonchev–Trinajstić information content (AvgIpc) is 2.74. The molecule has 154 valence electrons. The summed E-state index contributed by atoms with van der Waals surface area (Å²) in [5, 5.41) is 5.05. The molecule has 0 aliphatic heterocycles. The van der Waals surface area contributed by atoms with Gasteiger partial charge in [0.2, 0.25) is 0 Å². The van der Waals surface area contributed by atoms with Crippen LogP contribution in [0.25, 0.3) is 0 Å². The topological polar surface area (TPSA) is 103 Å². The molecule has 2 amide bonds. The highest BCUT2D eigenvalue weighted by atomic mass is 16.5. The van der Waals surface area contributed by atoms with Gasteiger partial charge in [0.15, 0.2) is 11.5 Å². The minimum atomic E-state index is -0.791. The maximum atomic E-state index is 12.0. The molecule has 0 aliphatic carbocycles. The van der Waals surface area contributed by atoms with Crippen LogP contribution < -0.4 is 20.1 Å². The molecule has 0 aromatic heterocycles. The molecule has 2 rings (SSSR count). The van der Waals surface area contributed by atoms with Crippen molar-refractivity contribution in [3.8, 4) is 11.5 Å². The highest BCUT2D eigenvalue weighted by Crippen LogP contribution is 2.27. The van der Waals surface area contributed by atoms with E-state index in [1.165, 1.54) is 24.3 Å². The van der Waals surface area contributed by atoms with E-state index in [9.17, 15) is 14.4 Å². The fraction of sp³-hybridized carbons (Fsp3) is 0.286. The van der Waals surface area contributed by atoms with Crippen LogP contribution in [-0.2, 0) is 20.7 Å². The third kappa shape index (κ3) is 6.24. The van der Waals surface area contributed by atoms with Crippen molar-refractivity contribution >= 4 is 23.5 Å². The minimum Gasteiger partial charge on any atom is -0.493 e. The maximum Gasteiger partial charge on any atom is 0.338 e. The van der Waals surface area contributed by atoms with Crippen molar-refractivity contribution < 1.29 is 28.6 Å². The van der Waals surface area contributed by atoms with Gasteiger partial charge < -0.3 is 24.8 Å². The monoisotopic (exact) mass is 400 g/mol. The Morgan fingerprint density at radius 3 is 2.21 bits per heavy atom. The first-order valence-electron chi connectivity index (χ1n) is 9.05. The largest absolute Gasteiger partial charge is 0.493 e. The van der Waals surface area contributed by atoms with Crippen LogP contribution in [0.5, 0.6) is 11.5 Å². The summed E-state index contributed by atoms with van der Waals surface area (Å²) in [6.45, 7) is 2.28. The number of benzene rings is 2. The molecule has 0 spiro atoms. The fourth-order valence-corrected chi connectivity index (χ4v) is 2.53. The average molecular weight is 400 g/mol. The van der Waals surface area contributed by atoms with Crippen LogP contribution in [0.3, 0.4) is 0 Å². The van der Waals surface area contributed by atoms with Crippen molar-refractivity contribution in [2.75, 3.05) is 32.7 Å². The van der Waals surface area contributed by atoms with Gasteiger partial charge in [-0.2, -0.15) is 0 Å². The minimum absolute atomic E-state index is 0.279. The van der Waals surface area contributed by atoms with E-state index < -0.39 is 17.8 Å². The lowest BCUT2D eigenvalue weighted by Gasteiger charge is -2.10. The molecular weight excluding hydrogens is 376 g/mol. The number of anilines is 1. The van der Waals surface area contributed by atoms with Crippen LogP contribution in [0.4, 0.5) is 5.69 Å². The van der Waals surface area contributed by atoms with Crippen LogP contribution in [0.1, 0.15) is 22.8 Å². The lowest BCUT2D eigenvalue weighted by molar-refractivity contribution is -0.136. The Hall–Kier alpha value is -3.55. The van der Waals surface area contributed by atoms with Crippen LogP contribution in [0.15, 0.2) is 42.5 Å². The molecule has 0 atom stereocenters. The normalized spacial score (nSPS) is 10.0. The lowest BCUT2D eigenvalue weighted by atomic mass is 10.1. The molecule has 0 radical (unpaired) electrons. The molecule has 2 N–H and O–H groups in total. The summed E-state index contributed by atoms with van der Waals surface area (Å²) < 4.78 is 15.3. The van der Waals surface area contributed by atoms with Crippen LogP contribution >= 0.6 is 0 Å². The number of rotatable bonds is 8. The first-order chi connectivity index (χ1) is 14.0. The third-order valence-electron chi connectivity index (χ3n) is 4.01. The summed E-state index contributed by atoms with van der Waals surface area (Å²) >= 11 is 0. The number of hydrogen-bond acceptors (Lipinski definition) is 6. The standard InChI is InChI=1S/C21H24N2O6/c1-4-29-21(26)15-6-8-16(9-7-15)23-20(25)19(24)22-12-11-14-5-10-17(27-2)18(13-14)28-3/h5-10,13H,4,11-12H2,1-3H3,(H,22,24)(H,23,25). The second kappa shape index (κ2) is 10.7. The van der Waals surface area contributed by atoms with E-state index in [1.54, 1.807) is 27.2 Å². The highest BCUT2D eigenvalue weighted by molar-refractivity contribution is 6.39. The van der Waals surface area contributed by atoms with Crippen molar-refractivity contribution in [3.63, 3.8) is 0 Å². The van der Waals surface area contributed by atoms with Gasteiger partial charge in [0, 0.05) is 12.2 Å². The highest BCUT2D eigenvalue weighted by Gasteiger charge is 2.14. The van der Waals surface area contributed by atoms with Gasteiger partial charge in [0.05, 0.1) is 26.4 Å². The Labute approximate surface area is 169 Å². The van der Waals surface area contributed by atoms with E-state index in [-0.39, 0.29) is 13.2 Å². The Bertz CT molecular complexity index is 864. The number of nitrogens with one attached hydrogen (secondary N) is 2. The van der Waals surface area contributed by atoms with Gasteiger partial charge in [-0.25, -0.2) is 4.79 Å². The van der Waals surface area contributed by atoms with E-state index in [1.807, 2.05) is 12.1 Å². The van der Waals surface area contributed by atoms with Gasteiger partial charge >= 0.3 is 17.8 Å². The summed E-state index contributed by atoms with van der Waals surface area (Å²) in [5.41, 5.74) is 1.69. The van der Waals surface area contributed by atoms with E-state index in [0.29, 0.717) is 29.2 Å². The molecule has 29 heavy (non-hydrogen) atoms. The van der Waals surface area contributed by atoms with E-state index in [4.69, 9.17) is 14.2 Å². The molecule has 2 aromatic rings. The van der Waals surface area contributed by atoms with Gasteiger partial charge in [-0.15, -0.1) is 0 Å². The number of carbonyl (C=O) groups excluding carboxylic acids is 3. The molecule has 0 fully saturated rings. The SMILES string of the molecule is CCOC(=O)c1ccc(NC(=O)C(=O)NCCc2ccc(OC)c(OC)c2)cc1. The molecule has 0 aliphatic rings. The summed E-state index contributed by atoms with van der Waals surface area (Å²) in [6, 6.07) is 11.5. The van der Waals surface area contributed by atoms with Gasteiger partial charge in [-0.05, 0) is 55.3 Å². The van der Waals surface area contributed by atoms with E-state index in [2.05, 4.69) is 10.6 Å². The van der Waals surface area contributed by atoms with Crippen LogP contribution in [-0.4, -0.2) is 45.2 Å². The Balaban J connectivity index is 1.83. The zero-order chi connectivity index (χ0) is 21.2. The molecule has 8 nitrogen and oxygen atoms in total. The first kappa shape index (κ1) is 21.7. The molecular formula is C21H24N2O6. The molecule has 0 unspecified atom stereocenters. The zero-order valence-corrected chi connectivity index (χ0v) is 16.6. The number of ether oxygens (including phenoxy) is 3. The zero-order valence-electron chi connectivity index (χ0n) is 16.6. The van der Waals surface area contributed by atoms with Crippen molar-refractivity contribution in [1.29, 1.82) is 0 Å². The second-order valence-corrected chi connectivity index (χ2v) is 5.95. The molecule has 0 saturated heterocycles. The second-order valence-electron chi connectivity index (χ2n) is 5.95. The molecule has 2 aromatic carbocycles. The Morgan fingerprint density at radius 2 is 1.59 bits per heavy atom. The predicted octanol–water partition coefficient (Wildman–Crippen LogP) is 2.18. The Kier molecular flexibility index (Phi) is 8.02. The smallest absolute Gasteiger partial charge is 0.338 e. The summed E-state index contributed by atoms with van der Waals surface area (Å²) in [5.74, 6) is -0.770. The molecule has 0 saturated carbocycles. The van der Waals surface area contributed by atoms with E-state index in [0.717, 1.165) is 5.56 Å². The molecule has 8 heteroatoms. The number of amides is 2. The van der Waals surface area contributed by atoms with Crippen molar-refractivity contribution in [2.24, 2.45) is 0 Å². The number of hydrogen-bond donors (Lipinski definition) is 2. The van der Waals surface area contributed by atoms with Crippen molar-refractivity contribution in [1.82, 2.24) is 5.32 Å². The molecule has 0 heterocycles. The van der Waals surface area contributed by atoms with Gasteiger partial charge in [0.25, 0.3) is 0 Å². The fourth-order valence-electron chi connectivity index (χ4n) is 2.53. The summed E-state index contributed by atoms with van der Waals surface area (Å²) in [4.78, 5) is 35.6. The molecule has 0 bridgehead atoms. The van der Waals surface area contributed by atoms with Gasteiger partial charge in [-0.1, -0.05) is 6.07 Å². The summed E-state index contributed by atoms with van der Waals surface area (Å²) in [6.07, 6.45) is 0.521. The number of carbonyl (C=O) groups is 3. The quantitative estimate of drug-likeness (QED) is 0.520. The maximum absolute atomic E-state index is 12.0. The Morgan fingerprint density at radius 1 is 0.897 bits per heavy atom. The van der Waals surface area contributed by atoms with Crippen molar-refractivity contribution in [3.05, 3.63) is 53.6 Å². The first-order valence-corrected chi connectivity index (χ1v) is 9.05. The lowest BCUT2D eigenvalue weighted by Crippen LogP contribution is -2.36. The third-order valence-corrected chi connectivity index (χ3v) is 4.01. The van der Waals surface area contributed by atoms with Crippen LogP contribution in [0.2, 0.25) is 0 Å².